The number of hydrogen-bond acceptors (Lipinski definition) is 5. The van der Waals surface area contributed by atoms with Crippen molar-refractivity contribution >= 4 is 23.8 Å². The second-order valence-electron chi connectivity index (χ2n) is 8.91. The Labute approximate surface area is 193 Å². The molecule has 1 aliphatic carbocycles. The fourth-order valence-corrected chi connectivity index (χ4v) is 6.58. The highest BCUT2D eigenvalue weighted by Gasteiger charge is 2.46. The van der Waals surface area contributed by atoms with E-state index in [0.29, 0.717) is 30.3 Å². The van der Waals surface area contributed by atoms with Crippen molar-refractivity contribution < 1.29 is 18.7 Å². The Morgan fingerprint density at radius 1 is 1.19 bits per heavy atom. The van der Waals surface area contributed by atoms with Crippen molar-refractivity contribution in [2.75, 3.05) is 18.8 Å². The summed E-state index contributed by atoms with van der Waals surface area (Å²) in [5, 5.41) is 5.94. The quantitative estimate of drug-likeness (QED) is 0.625. The summed E-state index contributed by atoms with van der Waals surface area (Å²) in [7, 11) is 0. The van der Waals surface area contributed by atoms with E-state index in [4.69, 9.17) is 9.15 Å². The standard InChI is InChI=1S/C25H32N2O4S/c1-4-26-24(29)31-18-9-11-25(12-10-18,21-14-32-22-8-6-5-7-19(21)22)15-27-23(28)20-13-16(2)30-17(20)3/h5-8,13,18,21H,4,9-12,14-15H2,1-3H3,(H,26,29)(H,27,28). The van der Waals surface area contributed by atoms with Gasteiger partial charge in [0.05, 0.1) is 5.56 Å². The number of furan rings is 1. The molecule has 6 nitrogen and oxygen atoms in total. The molecule has 172 valence electrons. The van der Waals surface area contributed by atoms with E-state index in [0.717, 1.165) is 37.2 Å². The summed E-state index contributed by atoms with van der Waals surface area (Å²) in [4.78, 5) is 26.2. The van der Waals surface area contributed by atoms with Crippen molar-refractivity contribution in [1.82, 2.24) is 10.6 Å². The summed E-state index contributed by atoms with van der Waals surface area (Å²) in [6, 6.07) is 10.4. The van der Waals surface area contributed by atoms with Gasteiger partial charge in [-0.3, -0.25) is 4.79 Å². The number of carbonyl (C=O) groups is 2. The number of benzene rings is 1. The van der Waals surface area contributed by atoms with E-state index in [9.17, 15) is 9.59 Å². The molecule has 2 heterocycles. The summed E-state index contributed by atoms with van der Waals surface area (Å²) in [6.45, 7) is 6.72. The first kappa shape index (κ1) is 22.8. The van der Waals surface area contributed by atoms with E-state index < -0.39 is 0 Å². The van der Waals surface area contributed by atoms with Crippen LogP contribution in [0.5, 0.6) is 0 Å². The molecule has 0 bridgehead atoms. The Morgan fingerprint density at radius 2 is 1.94 bits per heavy atom. The van der Waals surface area contributed by atoms with E-state index in [-0.39, 0.29) is 23.5 Å². The number of carbonyl (C=O) groups excluding carboxylic acids is 2. The molecule has 2 amide bonds. The smallest absolute Gasteiger partial charge is 0.407 e. The predicted octanol–water partition coefficient (Wildman–Crippen LogP) is 5.19. The molecular formula is C25H32N2O4S. The highest BCUT2D eigenvalue weighted by Crippen LogP contribution is 2.54. The fourth-order valence-electron chi connectivity index (χ4n) is 5.15. The molecule has 0 radical (unpaired) electrons. The van der Waals surface area contributed by atoms with E-state index in [1.807, 2.05) is 32.5 Å². The van der Waals surface area contributed by atoms with Gasteiger partial charge in [0.25, 0.3) is 5.91 Å². The molecule has 2 N–H and O–H groups in total. The fraction of sp³-hybridized carbons (Fsp3) is 0.520. The second kappa shape index (κ2) is 9.61. The molecule has 2 aliphatic rings. The van der Waals surface area contributed by atoms with E-state index >= 15 is 0 Å². The van der Waals surface area contributed by atoms with E-state index in [2.05, 4.69) is 34.9 Å². The van der Waals surface area contributed by atoms with Crippen LogP contribution in [-0.4, -0.2) is 36.9 Å². The molecule has 7 heteroatoms. The summed E-state index contributed by atoms with van der Waals surface area (Å²) in [5.41, 5.74) is 1.92. The van der Waals surface area contributed by atoms with Gasteiger partial charge >= 0.3 is 6.09 Å². The van der Waals surface area contributed by atoms with Gasteiger partial charge in [-0.25, -0.2) is 4.79 Å². The minimum absolute atomic E-state index is 0.0664. The number of amides is 2. The highest BCUT2D eigenvalue weighted by molar-refractivity contribution is 7.99. The van der Waals surface area contributed by atoms with E-state index in [1.54, 1.807) is 6.07 Å². The second-order valence-corrected chi connectivity index (χ2v) is 9.97. The van der Waals surface area contributed by atoms with Crippen molar-refractivity contribution in [3.8, 4) is 0 Å². The van der Waals surface area contributed by atoms with Crippen LogP contribution in [-0.2, 0) is 4.74 Å². The van der Waals surface area contributed by atoms with Crippen molar-refractivity contribution in [3.05, 3.63) is 53.0 Å². The molecule has 0 saturated heterocycles. The monoisotopic (exact) mass is 456 g/mol. The molecule has 1 aliphatic heterocycles. The molecule has 1 saturated carbocycles. The van der Waals surface area contributed by atoms with Crippen LogP contribution in [0.25, 0.3) is 0 Å². The number of rotatable bonds is 6. The van der Waals surface area contributed by atoms with Crippen molar-refractivity contribution in [2.24, 2.45) is 5.41 Å². The van der Waals surface area contributed by atoms with Gasteiger partial charge in [0.1, 0.15) is 17.6 Å². The van der Waals surface area contributed by atoms with Crippen molar-refractivity contribution in [2.45, 2.75) is 63.4 Å². The molecule has 0 spiro atoms. The number of thioether (sulfide) groups is 1. The number of alkyl carbamates (subject to hydrolysis) is 1. The normalized spacial score (nSPS) is 24.6. The van der Waals surface area contributed by atoms with Gasteiger partial charge in [-0.2, -0.15) is 0 Å². The molecular weight excluding hydrogens is 424 g/mol. The van der Waals surface area contributed by atoms with Crippen molar-refractivity contribution in [3.63, 3.8) is 0 Å². The topological polar surface area (TPSA) is 80.6 Å². The third-order valence-electron chi connectivity index (χ3n) is 6.85. The summed E-state index contributed by atoms with van der Waals surface area (Å²) in [6.07, 6.45) is 3.00. The maximum Gasteiger partial charge on any atom is 0.407 e. The molecule has 2 aromatic rings. The van der Waals surface area contributed by atoms with Crippen LogP contribution >= 0.6 is 11.8 Å². The average Bonchev–Trinajstić information content (AvgIpc) is 3.36. The third-order valence-corrected chi connectivity index (χ3v) is 8.03. The Bertz CT molecular complexity index is 978. The van der Waals surface area contributed by atoms with Gasteiger partial charge in [-0.15, -0.1) is 11.8 Å². The minimum Gasteiger partial charge on any atom is -0.466 e. The molecule has 1 unspecified atom stereocenters. The Hall–Kier alpha value is -2.41. The Morgan fingerprint density at radius 3 is 2.62 bits per heavy atom. The van der Waals surface area contributed by atoms with Gasteiger partial charge in [-0.1, -0.05) is 18.2 Å². The first-order chi connectivity index (χ1) is 15.4. The van der Waals surface area contributed by atoms with Gasteiger partial charge < -0.3 is 19.8 Å². The Kier molecular flexibility index (Phi) is 6.84. The SMILES string of the molecule is CCNC(=O)OC1CCC(CNC(=O)c2cc(C)oc2C)(C2CSc3ccccc32)CC1. The lowest BCUT2D eigenvalue weighted by molar-refractivity contribution is 0.0294. The lowest BCUT2D eigenvalue weighted by Gasteiger charge is -2.44. The first-order valence-corrected chi connectivity index (χ1v) is 12.4. The van der Waals surface area contributed by atoms with Crippen LogP contribution in [0.2, 0.25) is 0 Å². The van der Waals surface area contributed by atoms with Gasteiger partial charge in [0.2, 0.25) is 0 Å². The number of ether oxygens (including phenoxy) is 1. The minimum atomic E-state index is -0.342. The van der Waals surface area contributed by atoms with Gasteiger partial charge in [0.15, 0.2) is 0 Å². The van der Waals surface area contributed by atoms with Crippen LogP contribution in [0.1, 0.15) is 66.0 Å². The molecule has 32 heavy (non-hydrogen) atoms. The third kappa shape index (κ3) is 4.68. The number of fused-ring (bicyclic) bond motifs is 1. The maximum absolute atomic E-state index is 13.0. The molecule has 1 fully saturated rings. The Balaban J connectivity index is 1.51. The van der Waals surface area contributed by atoms with Crippen LogP contribution in [0.4, 0.5) is 4.79 Å². The first-order valence-electron chi connectivity index (χ1n) is 11.4. The zero-order valence-corrected chi connectivity index (χ0v) is 19.8. The van der Waals surface area contributed by atoms with Crippen LogP contribution in [0.3, 0.4) is 0 Å². The lowest BCUT2D eigenvalue weighted by atomic mass is 9.63. The predicted molar refractivity (Wildman–Crippen MR) is 125 cm³/mol. The molecule has 1 aromatic heterocycles. The number of nitrogens with one attached hydrogen (secondary N) is 2. The van der Waals surface area contributed by atoms with Crippen LogP contribution in [0.15, 0.2) is 39.6 Å². The van der Waals surface area contributed by atoms with Crippen LogP contribution in [0, 0.1) is 19.3 Å². The largest absolute Gasteiger partial charge is 0.466 e. The summed E-state index contributed by atoms with van der Waals surface area (Å²) in [5.74, 6) is 2.68. The zero-order chi connectivity index (χ0) is 22.7. The van der Waals surface area contributed by atoms with Gasteiger partial charge in [-0.05, 0) is 69.6 Å². The average molecular weight is 457 g/mol. The van der Waals surface area contributed by atoms with E-state index in [1.165, 1.54) is 10.5 Å². The molecule has 1 atom stereocenters. The van der Waals surface area contributed by atoms with Crippen LogP contribution < -0.4 is 10.6 Å². The number of hydrogen-bond donors (Lipinski definition) is 2. The molecule has 1 aromatic carbocycles. The maximum atomic E-state index is 13.0. The zero-order valence-electron chi connectivity index (χ0n) is 19.0. The highest BCUT2D eigenvalue weighted by atomic mass is 32.2. The number of aryl methyl sites for hydroxylation is 2. The van der Waals surface area contributed by atoms with Crippen molar-refractivity contribution in [1.29, 1.82) is 0 Å². The summed E-state index contributed by atoms with van der Waals surface area (Å²) >= 11 is 1.90. The lowest BCUT2D eigenvalue weighted by Crippen LogP contribution is -2.46. The molecule has 4 rings (SSSR count). The van der Waals surface area contributed by atoms with Gasteiger partial charge in [0, 0.05) is 29.7 Å². The summed E-state index contributed by atoms with van der Waals surface area (Å²) < 4.78 is 11.2.